The van der Waals surface area contributed by atoms with Gasteiger partial charge in [0, 0.05) is 0 Å². The van der Waals surface area contributed by atoms with E-state index in [4.69, 9.17) is 0 Å². The molecule has 0 amide bonds. The third-order valence-electron chi connectivity index (χ3n) is 3.79. The molecule has 0 heterocycles. The normalized spacial score (nSPS) is 14.6. The quantitative estimate of drug-likeness (QED) is 0.890. The molecule has 5 heteroatoms. The van der Waals surface area contributed by atoms with Crippen molar-refractivity contribution in [1.29, 1.82) is 0 Å². The van der Waals surface area contributed by atoms with Gasteiger partial charge in [-0.15, -0.1) is 0 Å². The number of rotatable bonds is 5. The number of phenols is 1. The van der Waals surface area contributed by atoms with Gasteiger partial charge in [-0.3, -0.25) is 0 Å². The van der Waals surface area contributed by atoms with Gasteiger partial charge in [0.2, 0.25) is 0 Å². The largest absolute Gasteiger partial charge is 0.508 e. The first-order chi connectivity index (χ1) is 9.98. The van der Waals surface area contributed by atoms with Crippen LogP contribution in [0.2, 0.25) is 0 Å². The predicted octanol–water partition coefficient (Wildman–Crippen LogP) is 2.46. The average molecular weight is 306 g/mol. The molecule has 4 nitrogen and oxygen atoms in total. The molecule has 0 spiro atoms. The highest BCUT2D eigenvalue weighted by atomic mass is 32.2. The van der Waals surface area contributed by atoms with E-state index in [-0.39, 0.29) is 17.1 Å². The molecule has 2 N–H and O–H groups in total. The summed E-state index contributed by atoms with van der Waals surface area (Å²) in [5, 5.41) is 19.2. The molecule has 0 radical (unpaired) electrons. The molecule has 0 saturated heterocycles. The first-order valence-electron chi connectivity index (χ1n) is 6.68. The number of aliphatic hydroxyl groups excluding tert-OH is 1. The van der Waals surface area contributed by atoms with Crippen molar-refractivity contribution in [2.45, 2.75) is 23.0 Å². The highest BCUT2D eigenvalue weighted by Gasteiger charge is 2.44. The van der Waals surface area contributed by atoms with E-state index in [0.29, 0.717) is 5.56 Å². The summed E-state index contributed by atoms with van der Waals surface area (Å²) in [6.07, 6.45) is 0.247. The van der Waals surface area contributed by atoms with Crippen molar-refractivity contribution in [3.05, 3.63) is 60.2 Å². The minimum atomic E-state index is -3.79. The Bertz CT molecular complexity index is 687. The molecule has 2 rings (SSSR count). The van der Waals surface area contributed by atoms with Crippen LogP contribution in [-0.2, 0) is 14.6 Å². The van der Waals surface area contributed by atoms with Crippen LogP contribution in [-0.4, -0.2) is 25.2 Å². The maximum Gasteiger partial charge on any atom is 0.190 e. The summed E-state index contributed by atoms with van der Waals surface area (Å²) >= 11 is 0. The highest BCUT2D eigenvalue weighted by Crippen LogP contribution is 2.38. The van der Waals surface area contributed by atoms with Crippen LogP contribution in [0.4, 0.5) is 0 Å². The van der Waals surface area contributed by atoms with Crippen molar-refractivity contribution < 1.29 is 18.6 Å². The third kappa shape index (κ3) is 2.54. The standard InChI is InChI=1S/C16H18O4S/c1-2-16(12-17,13-6-4-3-5-7-13)21(19,20)15-10-8-14(18)9-11-15/h3-11,17-18H,2,12H2,1H3. The number of hydrogen-bond acceptors (Lipinski definition) is 4. The van der Waals surface area contributed by atoms with Crippen molar-refractivity contribution in [2.24, 2.45) is 0 Å². The SMILES string of the molecule is CCC(CO)(c1ccccc1)S(=O)(=O)c1ccc(O)cc1. The van der Waals surface area contributed by atoms with E-state index in [0.717, 1.165) is 0 Å². The first-order valence-corrected chi connectivity index (χ1v) is 8.16. The van der Waals surface area contributed by atoms with Crippen molar-refractivity contribution in [3.8, 4) is 5.75 Å². The Labute approximate surface area is 124 Å². The topological polar surface area (TPSA) is 74.6 Å². The highest BCUT2D eigenvalue weighted by molar-refractivity contribution is 7.92. The minimum Gasteiger partial charge on any atom is -0.508 e. The second-order valence-corrected chi connectivity index (χ2v) is 7.13. The average Bonchev–Trinajstić information content (AvgIpc) is 2.50. The zero-order valence-corrected chi connectivity index (χ0v) is 12.5. The lowest BCUT2D eigenvalue weighted by molar-refractivity contribution is 0.237. The zero-order chi connectivity index (χ0) is 15.5. The minimum absolute atomic E-state index is 0.000224. The molecule has 0 fully saturated rings. The summed E-state index contributed by atoms with van der Waals surface area (Å²) in [6.45, 7) is 1.23. The van der Waals surface area contributed by atoms with Crippen molar-refractivity contribution in [3.63, 3.8) is 0 Å². The number of benzene rings is 2. The molecule has 0 bridgehead atoms. The number of hydrogen-bond donors (Lipinski definition) is 2. The van der Waals surface area contributed by atoms with Gasteiger partial charge in [-0.2, -0.15) is 0 Å². The lowest BCUT2D eigenvalue weighted by Crippen LogP contribution is -2.39. The van der Waals surface area contributed by atoms with Crippen LogP contribution in [0.15, 0.2) is 59.5 Å². The monoisotopic (exact) mass is 306 g/mol. The Kier molecular flexibility index (Phi) is 4.34. The van der Waals surface area contributed by atoms with Crippen LogP contribution in [0.5, 0.6) is 5.75 Å². The third-order valence-corrected chi connectivity index (χ3v) is 6.36. The van der Waals surface area contributed by atoms with Crippen LogP contribution in [0.25, 0.3) is 0 Å². The molecule has 1 atom stereocenters. The molecule has 1 unspecified atom stereocenters. The van der Waals surface area contributed by atoms with Gasteiger partial charge in [0.05, 0.1) is 11.5 Å². The van der Waals surface area contributed by atoms with Gasteiger partial charge in [0.1, 0.15) is 10.5 Å². The molecule has 0 aliphatic rings. The molecule has 2 aromatic rings. The molecular weight excluding hydrogens is 288 g/mol. The van der Waals surface area contributed by atoms with E-state index >= 15 is 0 Å². The fraction of sp³-hybridized carbons (Fsp3) is 0.250. The fourth-order valence-corrected chi connectivity index (χ4v) is 4.37. The second kappa shape index (κ2) is 5.87. The van der Waals surface area contributed by atoms with Gasteiger partial charge in [0.15, 0.2) is 9.84 Å². The van der Waals surface area contributed by atoms with Crippen LogP contribution >= 0.6 is 0 Å². The molecule has 0 aliphatic heterocycles. The second-order valence-electron chi connectivity index (χ2n) is 4.87. The molecule has 0 aromatic heterocycles. The Morgan fingerprint density at radius 2 is 1.57 bits per heavy atom. The summed E-state index contributed by atoms with van der Waals surface area (Å²) < 4.78 is 24.6. The van der Waals surface area contributed by atoms with Crippen molar-refractivity contribution >= 4 is 9.84 Å². The summed E-state index contributed by atoms with van der Waals surface area (Å²) in [4.78, 5) is 0.0834. The Balaban J connectivity index is 2.64. The van der Waals surface area contributed by atoms with Gasteiger partial charge in [0.25, 0.3) is 0 Å². The van der Waals surface area contributed by atoms with E-state index in [9.17, 15) is 18.6 Å². The molecule has 21 heavy (non-hydrogen) atoms. The summed E-state index contributed by atoms with van der Waals surface area (Å²) in [5.41, 5.74) is 0.558. The maximum absolute atomic E-state index is 13.0. The lowest BCUT2D eigenvalue weighted by Gasteiger charge is -2.31. The summed E-state index contributed by atoms with van der Waals surface area (Å²) in [5.74, 6) is -0.000224. The summed E-state index contributed by atoms with van der Waals surface area (Å²) in [6, 6.07) is 14.1. The van der Waals surface area contributed by atoms with E-state index in [1.165, 1.54) is 24.3 Å². The lowest BCUT2D eigenvalue weighted by atomic mass is 9.96. The van der Waals surface area contributed by atoms with Gasteiger partial charge in [-0.1, -0.05) is 37.3 Å². The number of sulfone groups is 1. The van der Waals surface area contributed by atoms with Crippen LogP contribution in [0.3, 0.4) is 0 Å². The van der Waals surface area contributed by atoms with Crippen LogP contribution in [0.1, 0.15) is 18.9 Å². The summed E-state index contributed by atoms with van der Waals surface area (Å²) in [7, 11) is -3.79. The van der Waals surface area contributed by atoms with Gasteiger partial charge in [-0.25, -0.2) is 8.42 Å². The number of aliphatic hydroxyl groups is 1. The smallest absolute Gasteiger partial charge is 0.190 e. The van der Waals surface area contributed by atoms with E-state index in [2.05, 4.69) is 0 Å². The van der Waals surface area contributed by atoms with E-state index in [1.54, 1.807) is 37.3 Å². The van der Waals surface area contributed by atoms with Crippen LogP contribution < -0.4 is 0 Å². The molecule has 0 saturated carbocycles. The van der Waals surface area contributed by atoms with Crippen molar-refractivity contribution in [1.82, 2.24) is 0 Å². The Morgan fingerprint density at radius 1 is 1.00 bits per heavy atom. The Hall–Kier alpha value is -1.85. The number of phenolic OH excluding ortho intramolecular Hbond substituents is 1. The van der Waals surface area contributed by atoms with Gasteiger partial charge in [-0.05, 0) is 36.2 Å². The zero-order valence-electron chi connectivity index (χ0n) is 11.7. The molecule has 2 aromatic carbocycles. The Morgan fingerprint density at radius 3 is 2.05 bits per heavy atom. The van der Waals surface area contributed by atoms with Crippen LogP contribution in [0, 0.1) is 0 Å². The molecule has 112 valence electrons. The molecular formula is C16H18O4S. The van der Waals surface area contributed by atoms with E-state index < -0.39 is 21.2 Å². The fourth-order valence-electron chi connectivity index (χ4n) is 2.43. The maximum atomic E-state index is 13.0. The van der Waals surface area contributed by atoms with Gasteiger partial charge >= 0.3 is 0 Å². The van der Waals surface area contributed by atoms with E-state index in [1.807, 2.05) is 0 Å². The number of aromatic hydroxyl groups is 1. The molecule has 0 aliphatic carbocycles. The predicted molar refractivity (Wildman–Crippen MR) is 80.8 cm³/mol. The van der Waals surface area contributed by atoms with Crippen molar-refractivity contribution in [2.75, 3.05) is 6.61 Å². The first kappa shape index (κ1) is 15.5. The van der Waals surface area contributed by atoms with Gasteiger partial charge < -0.3 is 10.2 Å².